The molecule has 2 aromatic carbocycles. The first kappa shape index (κ1) is 21.6. The normalized spacial score (nSPS) is 15.5. The Morgan fingerprint density at radius 2 is 1.87 bits per heavy atom. The van der Waals surface area contributed by atoms with E-state index in [-0.39, 0.29) is 24.2 Å². The molecule has 31 heavy (non-hydrogen) atoms. The minimum absolute atomic E-state index is 0.0384. The smallest absolute Gasteiger partial charge is 0.311 e. The van der Waals surface area contributed by atoms with Gasteiger partial charge >= 0.3 is 5.97 Å². The molecule has 1 aliphatic rings. The van der Waals surface area contributed by atoms with Gasteiger partial charge in [-0.05, 0) is 19.1 Å². The molecule has 2 amide bonds. The second-order valence-electron chi connectivity index (χ2n) is 7.05. The summed E-state index contributed by atoms with van der Waals surface area (Å²) in [6.07, 6.45) is -0.169. The number of ether oxygens (including phenoxy) is 1. The molecule has 0 saturated carbocycles. The molecular formula is C21H19N3O7. The van der Waals surface area contributed by atoms with E-state index >= 15 is 0 Å². The van der Waals surface area contributed by atoms with Gasteiger partial charge in [0.25, 0.3) is 11.6 Å². The van der Waals surface area contributed by atoms with E-state index in [1.54, 1.807) is 24.3 Å². The van der Waals surface area contributed by atoms with Crippen LogP contribution in [-0.4, -0.2) is 46.7 Å². The van der Waals surface area contributed by atoms with E-state index in [4.69, 9.17) is 4.74 Å². The fraction of sp³-hybridized carbons (Fsp3) is 0.238. The van der Waals surface area contributed by atoms with E-state index in [1.807, 2.05) is 6.92 Å². The number of nitro benzene ring substituents is 1. The van der Waals surface area contributed by atoms with Crippen LogP contribution in [0.1, 0.15) is 32.7 Å². The van der Waals surface area contributed by atoms with Gasteiger partial charge in [-0.15, -0.1) is 0 Å². The lowest BCUT2D eigenvalue weighted by atomic mass is 10.1. The van der Waals surface area contributed by atoms with Crippen molar-refractivity contribution in [3.63, 3.8) is 0 Å². The molecule has 0 bridgehead atoms. The highest BCUT2D eigenvalue weighted by Gasteiger charge is 2.36. The van der Waals surface area contributed by atoms with Crippen LogP contribution in [-0.2, 0) is 14.3 Å². The molecule has 1 heterocycles. The summed E-state index contributed by atoms with van der Waals surface area (Å²) in [6, 6.07) is 11.8. The van der Waals surface area contributed by atoms with E-state index in [2.05, 4.69) is 5.43 Å². The Bertz CT molecular complexity index is 1050. The summed E-state index contributed by atoms with van der Waals surface area (Å²) in [5.41, 5.74) is 3.60. The van der Waals surface area contributed by atoms with Crippen molar-refractivity contribution in [3.05, 3.63) is 75.3 Å². The first-order chi connectivity index (χ1) is 14.7. The molecule has 3 rings (SSSR count). The van der Waals surface area contributed by atoms with Crippen molar-refractivity contribution in [2.75, 3.05) is 13.2 Å². The van der Waals surface area contributed by atoms with Crippen LogP contribution in [0.5, 0.6) is 0 Å². The molecule has 0 aliphatic carbocycles. The van der Waals surface area contributed by atoms with Crippen molar-refractivity contribution in [3.8, 4) is 0 Å². The minimum atomic E-state index is -0.844. The highest BCUT2D eigenvalue weighted by atomic mass is 16.6. The molecular weight excluding hydrogens is 406 g/mol. The quantitative estimate of drug-likeness (QED) is 0.309. The predicted octanol–water partition coefficient (Wildman–Crippen LogP) is 1.82. The number of benzene rings is 2. The first-order valence-electron chi connectivity index (χ1n) is 9.37. The predicted molar refractivity (Wildman–Crippen MR) is 107 cm³/mol. The van der Waals surface area contributed by atoms with Gasteiger partial charge in [0.05, 0.1) is 17.4 Å². The minimum Gasteiger partial charge on any atom is -0.457 e. The van der Waals surface area contributed by atoms with Crippen LogP contribution in [0.15, 0.2) is 48.5 Å². The average molecular weight is 425 g/mol. The van der Waals surface area contributed by atoms with Crippen molar-refractivity contribution in [1.82, 2.24) is 10.4 Å². The lowest BCUT2D eigenvalue weighted by molar-refractivity contribution is -0.384. The third kappa shape index (κ3) is 5.30. The molecule has 0 unspecified atom stereocenters. The Labute approximate surface area is 176 Å². The number of hydrogen-bond donors (Lipinski definition) is 1. The molecule has 0 radical (unpaired) electrons. The highest BCUT2D eigenvalue weighted by molar-refractivity contribution is 5.99. The number of non-ortho nitro benzene ring substituents is 1. The van der Waals surface area contributed by atoms with Gasteiger partial charge < -0.3 is 4.74 Å². The van der Waals surface area contributed by atoms with Crippen LogP contribution < -0.4 is 5.43 Å². The molecule has 10 heteroatoms. The van der Waals surface area contributed by atoms with Gasteiger partial charge in [-0.3, -0.25) is 39.7 Å². The van der Waals surface area contributed by atoms with Crippen molar-refractivity contribution >= 4 is 29.3 Å². The fourth-order valence-electron chi connectivity index (χ4n) is 3.00. The second-order valence-corrected chi connectivity index (χ2v) is 7.05. The van der Waals surface area contributed by atoms with Gasteiger partial charge in [0.15, 0.2) is 6.61 Å². The zero-order valence-electron chi connectivity index (χ0n) is 16.6. The molecule has 160 valence electrons. The monoisotopic (exact) mass is 425 g/mol. The maximum atomic E-state index is 12.3. The standard InChI is InChI=1S/C21H19N3O7/c1-13-5-7-14(8-6-13)20(27)22-23-11-16(10-19(23)26)21(28)31-12-18(25)15-3-2-4-17(9-15)24(29)30/h2-9,16H,10-12H2,1H3,(H,22,27)/t16-/m0/s1. The number of esters is 1. The number of amides is 2. The lowest BCUT2D eigenvalue weighted by Gasteiger charge is -2.17. The van der Waals surface area contributed by atoms with E-state index in [1.165, 1.54) is 18.2 Å². The zero-order valence-corrected chi connectivity index (χ0v) is 16.6. The number of hydrazine groups is 1. The van der Waals surface area contributed by atoms with E-state index in [0.29, 0.717) is 5.56 Å². The highest BCUT2D eigenvalue weighted by Crippen LogP contribution is 2.19. The number of carbonyl (C=O) groups is 4. The number of aryl methyl sites for hydroxylation is 1. The Kier molecular flexibility index (Phi) is 6.39. The summed E-state index contributed by atoms with van der Waals surface area (Å²) in [5.74, 6) is -3.15. The SMILES string of the molecule is Cc1ccc(C(=O)NN2C[C@@H](C(=O)OCC(=O)c3cccc([N+](=O)[O-])c3)CC2=O)cc1. The van der Waals surface area contributed by atoms with Crippen LogP contribution in [0.3, 0.4) is 0 Å². The summed E-state index contributed by atoms with van der Waals surface area (Å²) in [6.45, 7) is 1.19. The number of carbonyl (C=O) groups excluding carboxylic acids is 4. The molecule has 10 nitrogen and oxygen atoms in total. The number of rotatable bonds is 7. The molecule has 1 aliphatic heterocycles. The number of nitrogens with zero attached hydrogens (tertiary/aromatic N) is 2. The number of nitrogens with one attached hydrogen (secondary N) is 1. The van der Waals surface area contributed by atoms with Crippen LogP contribution in [0, 0.1) is 23.0 Å². The maximum Gasteiger partial charge on any atom is 0.311 e. The van der Waals surface area contributed by atoms with Gasteiger partial charge in [-0.2, -0.15) is 0 Å². The molecule has 2 aromatic rings. The van der Waals surface area contributed by atoms with Crippen LogP contribution >= 0.6 is 0 Å². The van der Waals surface area contributed by atoms with Gasteiger partial charge in [0, 0.05) is 29.7 Å². The van der Waals surface area contributed by atoms with Gasteiger partial charge in [-0.25, -0.2) is 0 Å². The third-order valence-corrected chi connectivity index (χ3v) is 4.73. The molecule has 1 atom stereocenters. The molecule has 0 spiro atoms. The zero-order chi connectivity index (χ0) is 22.5. The molecule has 1 N–H and O–H groups in total. The molecule has 0 aromatic heterocycles. The number of nitro groups is 1. The summed E-state index contributed by atoms with van der Waals surface area (Å²) in [4.78, 5) is 59.0. The van der Waals surface area contributed by atoms with Crippen molar-refractivity contribution in [2.24, 2.45) is 5.92 Å². The van der Waals surface area contributed by atoms with Crippen molar-refractivity contribution < 1.29 is 28.8 Å². The first-order valence-corrected chi connectivity index (χ1v) is 9.37. The fourth-order valence-corrected chi connectivity index (χ4v) is 3.00. The summed E-state index contributed by atoms with van der Waals surface area (Å²) in [5, 5.41) is 11.9. The van der Waals surface area contributed by atoms with Gasteiger partial charge in [0.1, 0.15) is 0 Å². The Hall–Kier alpha value is -4.08. The summed E-state index contributed by atoms with van der Waals surface area (Å²) >= 11 is 0. The molecule has 1 saturated heterocycles. The van der Waals surface area contributed by atoms with Crippen LogP contribution in [0.4, 0.5) is 5.69 Å². The van der Waals surface area contributed by atoms with E-state index in [9.17, 15) is 29.3 Å². The Balaban J connectivity index is 1.53. The average Bonchev–Trinajstić information content (AvgIpc) is 3.12. The van der Waals surface area contributed by atoms with E-state index in [0.717, 1.165) is 16.6 Å². The van der Waals surface area contributed by atoms with E-state index < -0.39 is 41.0 Å². The largest absolute Gasteiger partial charge is 0.457 e. The van der Waals surface area contributed by atoms with Gasteiger partial charge in [0.2, 0.25) is 11.7 Å². The van der Waals surface area contributed by atoms with Crippen molar-refractivity contribution in [1.29, 1.82) is 0 Å². The summed E-state index contributed by atoms with van der Waals surface area (Å²) in [7, 11) is 0. The lowest BCUT2D eigenvalue weighted by Crippen LogP contribution is -2.43. The van der Waals surface area contributed by atoms with Crippen molar-refractivity contribution in [2.45, 2.75) is 13.3 Å². The Morgan fingerprint density at radius 3 is 2.55 bits per heavy atom. The maximum absolute atomic E-state index is 12.3. The number of Topliss-reactive ketones (excluding diaryl/α,β-unsaturated/α-hetero) is 1. The van der Waals surface area contributed by atoms with Gasteiger partial charge in [-0.1, -0.05) is 29.8 Å². The second kappa shape index (κ2) is 9.16. The van der Waals surface area contributed by atoms with Crippen LogP contribution in [0.25, 0.3) is 0 Å². The summed E-state index contributed by atoms with van der Waals surface area (Å²) < 4.78 is 4.99. The topological polar surface area (TPSA) is 136 Å². The Morgan fingerprint density at radius 1 is 1.16 bits per heavy atom. The third-order valence-electron chi connectivity index (χ3n) is 4.73. The van der Waals surface area contributed by atoms with Crippen LogP contribution in [0.2, 0.25) is 0 Å². The number of hydrogen-bond acceptors (Lipinski definition) is 7. The molecule has 1 fully saturated rings. The number of ketones is 1.